The topological polar surface area (TPSA) is 468 Å². The van der Waals surface area contributed by atoms with Crippen molar-refractivity contribution < 1.29 is 91.9 Å². The maximum absolute atomic E-state index is 12.3. The predicted molar refractivity (Wildman–Crippen MR) is 439 cm³/mol. The van der Waals surface area contributed by atoms with Crippen LogP contribution in [0.25, 0.3) is 55.6 Å². The average molecular weight is 1680 g/mol. The number of sulfonamides is 5. The molecule has 0 aliphatic rings. The Balaban J connectivity index is 0.000000226. The monoisotopic (exact) mass is 1680 g/mol. The lowest BCUT2D eigenvalue weighted by Crippen LogP contribution is -2.33. The number of benzene rings is 10. The van der Waals surface area contributed by atoms with Crippen molar-refractivity contribution in [2.24, 2.45) is 5.92 Å². The van der Waals surface area contributed by atoms with E-state index >= 15 is 0 Å². The van der Waals surface area contributed by atoms with E-state index < -0.39 is 98.5 Å². The highest BCUT2D eigenvalue weighted by Gasteiger charge is 2.21. The number of hydrogen-bond acceptors (Lipinski definition) is 18. The Morgan fingerprint density at radius 3 is 0.793 bits per heavy atom. The van der Waals surface area contributed by atoms with Crippen LogP contribution >= 0.6 is 0 Å². The molecule has 27 nitrogen and oxygen atoms in total. The van der Waals surface area contributed by atoms with E-state index in [0.29, 0.717) is 32.1 Å². The molecule has 610 valence electrons. The molecule has 10 aromatic carbocycles. The average Bonchev–Trinajstić information content (AvgIpc) is 0.835. The standard InChI is InChI=1S/C19H19N3O2S.C17H19NO4S.2C16H17NO5S.C16H17NO4S/c20-14-16(15-21)6-4-5-13-22-25(23,24)19-11-9-18(10-12-19)17-7-2-1-3-8-17;19-17(20)8-4-5-13-18-23(21,22)16-11-9-15(10-12-16)14-6-2-1-3-7-14;18-14(10-16(19)20)11-17-23(21,22)15-8-6-13(7-9-15)12-4-2-1-3-5-12;18-15(16(19)20)10-11-17-23(21,22)14-8-6-13(7-9-14)12-4-2-1-3-5-12;18-16(19)7-4-12-17-22(20,21)15-10-8-14(9-11-15)13-5-2-1-3-6-13/h1-3,7-12,16,22H,4-6,13H2;1-3,6-7,9-12,18H,4-5,8,13H2,(H,19,20);1-9,14,17-18H,10-11H2,(H,19,20);1-9,15,17-18H,10-11H2,(H,19,20);1-3,5-6,8-11,17H,4,7,12H2,(H,18,19). The highest BCUT2D eigenvalue weighted by atomic mass is 32.2. The fraction of sp³-hybridized carbons (Fsp3) is 0.214. The molecule has 0 aliphatic carbocycles. The molecule has 0 saturated heterocycles. The van der Waals surface area contributed by atoms with Gasteiger partial charge in [-0.15, -0.1) is 0 Å². The number of nitrogens with one attached hydrogen (secondary N) is 5. The van der Waals surface area contributed by atoms with Gasteiger partial charge in [-0.05, 0) is 161 Å². The van der Waals surface area contributed by atoms with Crippen molar-refractivity contribution in [1.82, 2.24) is 23.6 Å². The molecule has 0 aromatic heterocycles. The number of aliphatic hydroxyl groups excluding tert-OH is 2. The van der Waals surface area contributed by atoms with Crippen LogP contribution in [-0.4, -0.2) is 142 Å². The fourth-order valence-electron chi connectivity index (χ4n) is 10.5. The second kappa shape index (κ2) is 47.4. The molecule has 0 bridgehead atoms. The van der Waals surface area contributed by atoms with E-state index in [-0.39, 0.29) is 82.9 Å². The van der Waals surface area contributed by atoms with Gasteiger partial charge in [-0.25, -0.2) is 70.5 Å². The summed E-state index contributed by atoms with van der Waals surface area (Å²) in [6.45, 7) is 0.114. The van der Waals surface area contributed by atoms with E-state index in [1.165, 1.54) is 24.3 Å². The molecule has 11 N–H and O–H groups in total. The number of nitrogens with zero attached hydrogens (tertiary/aromatic N) is 2. The lowest BCUT2D eigenvalue weighted by molar-refractivity contribution is -0.147. The highest BCUT2D eigenvalue weighted by molar-refractivity contribution is 7.90. The third-order valence-electron chi connectivity index (χ3n) is 16.8. The van der Waals surface area contributed by atoms with E-state index in [0.717, 1.165) is 55.6 Å². The summed E-state index contributed by atoms with van der Waals surface area (Å²) in [6, 6.07) is 84.7. The molecule has 0 fully saturated rings. The Morgan fingerprint density at radius 1 is 0.293 bits per heavy atom. The van der Waals surface area contributed by atoms with Crippen LogP contribution in [0.1, 0.15) is 64.2 Å². The number of aliphatic carboxylic acids is 4. The van der Waals surface area contributed by atoms with Crippen molar-refractivity contribution in [2.75, 3.05) is 32.7 Å². The van der Waals surface area contributed by atoms with Gasteiger partial charge in [-0.2, -0.15) is 10.5 Å². The van der Waals surface area contributed by atoms with E-state index in [9.17, 15) is 66.4 Å². The van der Waals surface area contributed by atoms with Crippen LogP contribution in [0.3, 0.4) is 0 Å². The molecule has 2 atom stereocenters. The Kier molecular flexibility index (Phi) is 38.2. The molecule has 32 heteroatoms. The van der Waals surface area contributed by atoms with E-state index in [1.807, 2.05) is 164 Å². The first-order valence-corrected chi connectivity index (χ1v) is 43.5. The highest BCUT2D eigenvalue weighted by Crippen LogP contribution is 2.27. The smallest absolute Gasteiger partial charge is 0.332 e. The summed E-state index contributed by atoms with van der Waals surface area (Å²) in [4.78, 5) is 42.4. The minimum Gasteiger partial charge on any atom is -0.481 e. The molecule has 0 radical (unpaired) electrons. The summed E-state index contributed by atoms with van der Waals surface area (Å²) in [5.41, 5.74) is 9.65. The number of aliphatic hydroxyl groups is 2. The van der Waals surface area contributed by atoms with Crippen molar-refractivity contribution >= 4 is 74.0 Å². The molecular weight excluding hydrogens is 1590 g/mol. The lowest BCUT2D eigenvalue weighted by atomic mass is 10.1. The van der Waals surface area contributed by atoms with Crippen molar-refractivity contribution in [3.63, 3.8) is 0 Å². The Hall–Kier alpha value is -11.5. The number of unbranched alkanes of at least 4 members (excludes halogenated alkanes) is 2. The van der Waals surface area contributed by atoms with Gasteiger partial charge in [0.25, 0.3) is 0 Å². The van der Waals surface area contributed by atoms with Crippen molar-refractivity contribution in [2.45, 2.75) is 101 Å². The first-order chi connectivity index (χ1) is 55.3. The summed E-state index contributed by atoms with van der Waals surface area (Å²) < 4.78 is 133. The van der Waals surface area contributed by atoms with Gasteiger partial charge in [0.2, 0.25) is 50.1 Å². The van der Waals surface area contributed by atoms with Crippen LogP contribution in [0.4, 0.5) is 0 Å². The number of carboxylic acids is 4. The molecule has 0 aliphatic heterocycles. The molecular formula is C84H89N7O20S5. The second-order valence-corrected chi connectivity index (χ2v) is 34.3. The zero-order valence-corrected chi connectivity index (χ0v) is 66.7. The first-order valence-electron chi connectivity index (χ1n) is 36.1. The molecule has 10 aromatic rings. The fourth-order valence-corrected chi connectivity index (χ4v) is 15.9. The zero-order chi connectivity index (χ0) is 84.6. The van der Waals surface area contributed by atoms with Crippen LogP contribution in [0.15, 0.2) is 297 Å². The number of carbonyl (C=O) groups is 4. The molecule has 116 heavy (non-hydrogen) atoms. The molecule has 0 saturated carbocycles. The summed E-state index contributed by atoms with van der Waals surface area (Å²) in [6.07, 6.45) is -0.711. The minimum absolute atomic E-state index is 0.0491. The number of nitriles is 2. The number of carboxylic acid groups (broad SMARTS) is 4. The largest absolute Gasteiger partial charge is 0.481 e. The zero-order valence-electron chi connectivity index (χ0n) is 62.7. The number of hydrogen-bond donors (Lipinski definition) is 11. The van der Waals surface area contributed by atoms with Crippen LogP contribution in [0, 0.1) is 28.6 Å². The van der Waals surface area contributed by atoms with Crippen LogP contribution in [0.5, 0.6) is 0 Å². The van der Waals surface area contributed by atoms with E-state index in [2.05, 4.69) is 23.6 Å². The predicted octanol–water partition coefficient (Wildman–Crippen LogP) is 11.8. The molecule has 10 rings (SSSR count). The van der Waals surface area contributed by atoms with Gasteiger partial charge < -0.3 is 30.6 Å². The Bertz CT molecular complexity index is 5420. The van der Waals surface area contributed by atoms with Crippen LogP contribution in [-0.2, 0) is 69.3 Å². The molecule has 0 amide bonds. The minimum atomic E-state index is -3.79. The third-order valence-corrected chi connectivity index (χ3v) is 24.1. The third kappa shape index (κ3) is 32.8. The van der Waals surface area contributed by atoms with Gasteiger partial charge >= 0.3 is 23.9 Å². The van der Waals surface area contributed by atoms with Gasteiger partial charge in [0.15, 0.2) is 6.10 Å². The quantitative estimate of drug-likeness (QED) is 0.0161. The van der Waals surface area contributed by atoms with Gasteiger partial charge in [-0.3, -0.25) is 14.4 Å². The number of rotatable bonds is 37. The van der Waals surface area contributed by atoms with E-state index in [1.54, 1.807) is 97.1 Å². The maximum atomic E-state index is 12.3. The maximum Gasteiger partial charge on any atom is 0.332 e. The summed E-state index contributed by atoms with van der Waals surface area (Å²) in [7, 11) is -18.2. The van der Waals surface area contributed by atoms with Crippen LogP contribution in [0.2, 0.25) is 0 Å². The lowest BCUT2D eigenvalue weighted by Gasteiger charge is -2.11. The summed E-state index contributed by atoms with van der Waals surface area (Å²) >= 11 is 0. The molecule has 0 heterocycles. The second-order valence-electron chi connectivity index (χ2n) is 25.4. The molecule has 0 spiro atoms. The summed E-state index contributed by atoms with van der Waals surface area (Å²) in [5.74, 6) is -5.00. The normalized spacial score (nSPS) is 11.8. The van der Waals surface area contributed by atoms with E-state index in [4.69, 9.17) is 36.1 Å². The van der Waals surface area contributed by atoms with Gasteiger partial charge in [0.1, 0.15) is 5.92 Å². The Labute approximate surface area is 675 Å². The van der Waals surface area contributed by atoms with Gasteiger partial charge in [0, 0.05) is 45.6 Å². The van der Waals surface area contributed by atoms with Crippen molar-refractivity contribution in [3.8, 4) is 67.8 Å². The first kappa shape index (κ1) is 93.4. The van der Waals surface area contributed by atoms with Gasteiger partial charge in [-0.1, -0.05) is 212 Å². The Morgan fingerprint density at radius 2 is 0.534 bits per heavy atom. The van der Waals surface area contributed by atoms with Crippen molar-refractivity contribution in [1.29, 1.82) is 10.5 Å². The van der Waals surface area contributed by atoms with Crippen LogP contribution < -0.4 is 23.6 Å². The molecule has 2 unspecified atom stereocenters. The van der Waals surface area contributed by atoms with Gasteiger partial charge in [0.05, 0.1) is 49.1 Å². The SMILES string of the molecule is N#CC(C#N)CCCCNS(=O)(=O)c1ccc(-c2ccccc2)cc1.O=C(O)C(O)CCNS(=O)(=O)c1ccc(-c2ccccc2)cc1.O=C(O)CC(O)CNS(=O)(=O)c1ccc(-c2ccccc2)cc1.O=C(O)CCCCNS(=O)(=O)c1ccc(-c2ccccc2)cc1.O=C(O)CCCNS(=O)(=O)c1ccc(-c2ccccc2)cc1. The van der Waals surface area contributed by atoms with Crippen molar-refractivity contribution in [3.05, 3.63) is 273 Å². The summed E-state index contributed by atoms with van der Waals surface area (Å²) in [5, 5.41) is 70.0.